The van der Waals surface area contributed by atoms with Crippen molar-refractivity contribution in [3.05, 3.63) is 29.6 Å². The second-order valence-corrected chi connectivity index (χ2v) is 5.90. The fraction of sp³-hybridized carbons (Fsp3) is 0.500. The van der Waals surface area contributed by atoms with E-state index in [-0.39, 0.29) is 5.91 Å². The van der Waals surface area contributed by atoms with Gasteiger partial charge in [-0.1, -0.05) is 0 Å². The highest BCUT2D eigenvalue weighted by atomic mass is 16.2. The molecule has 0 aliphatic carbocycles. The number of carbonyl (C=O) groups excluding carboxylic acids is 1. The second kappa shape index (κ2) is 4.93. The van der Waals surface area contributed by atoms with Gasteiger partial charge in [-0.2, -0.15) is 0 Å². The number of likely N-dealkylation sites (tertiary alicyclic amines) is 1. The van der Waals surface area contributed by atoms with Crippen molar-refractivity contribution in [1.29, 1.82) is 0 Å². The van der Waals surface area contributed by atoms with Crippen LogP contribution in [0, 0.1) is 6.92 Å². The van der Waals surface area contributed by atoms with E-state index in [0.29, 0.717) is 12.1 Å². The SMILES string of the molecule is Cc1nc2ccc(C(=O)N3C(C)CCCC3C)cc2[nH]1. The quantitative estimate of drug-likeness (QED) is 0.865. The second-order valence-electron chi connectivity index (χ2n) is 5.90. The molecule has 3 rings (SSSR count). The first-order chi connectivity index (χ1) is 9.56. The molecule has 0 spiro atoms. The molecular formula is C16H21N3O. The van der Waals surface area contributed by atoms with E-state index in [1.165, 1.54) is 6.42 Å². The van der Waals surface area contributed by atoms with E-state index in [2.05, 4.69) is 23.8 Å². The first-order valence-electron chi connectivity index (χ1n) is 7.35. The summed E-state index contributed by atoms with van der Waals surface area (Å²) in [5, 5.41) is 0. The number of fused-ring (bicyclic) bond motifs is 1. The summed E-state index contributed by atoms with van der Waals surface area (Å²) in [5.74, 6) is 1.02. The minimum absolute atomic E-state index is 0.138. The summed E-state index contributed by atoms with van der Waals surface area (Å²) in [5.41, 5.74) is 2.60. The lowest BCUT2D eigenvalue weighted by molar-refractivity contribution is 0.0511. The molecule has 1 aromatic heterocycles. The van der Waals surface area contributed by atoms with Gasteiger partial charge in [-0.05, 0) is 58.2 Å². The number of rotatable bonds is 1. The third kappa shape index (κ3) is 2.19. The molecule has 20 heavy (non-hydrogen) atoms. The molecule has 2 heterocycles. The summed E-state index contributed by atoms with van der Waals surface area (Å²) in [6, 6.07) is 6.38. The summed E-state index contributed by atoms with van der Waals surface area (Å²) in [4.78, 5) is 22.4. The third-order valence-electron chi connectivity index (χ3n) is 4.28. The molecule has 1 N–H and O–H groups in total. The molecule has 2 aromatic rings. The lowest BCUT2D eigenvalue weighted by Crippen LogP contribution is -2.47. The molecule has 1 fully saturated rings. The average molecular weight is 271 g/mol. The van der Waals surface area contributed by atoms with E-state index in [1.807, 2.05) is 30.0 Å². The normalized spacial score (nSPS) is 23.2. The van der Waals surface area contributed by atoms with E-state index in [4.69, 9.17) is 0 Å². The van der Waals surface area contributed by atoms with E-state index < -0.39 is 0 Å². The summed E-state index contributed by atoms with van der Waals surface area (Å²) >= 11 is 0. The van der Waals surface area contributed by atoms with Crippen molar-refractivity contribution in [2.75, 3.05) is 0 Å². The van der Waals surface area contributed by atoms with Crippen LogP contribution in [0.15, 0.2) is 18.2 Å². The Balaban J connectivity index is 1.94. The van der Waals surface area contributed by atoms with Crippen LogP contribution < -0.4 is 0 Å². The van der Waals surface area contributed by atoms with Gasteiger partial charge in [0.2, 0.25) is 0 Å². The number of nitrogens with zero attached hydrogens (tertiary/aromatic N) is 2. The van der Waals surface area contributed by atoms with Crippen LogP contribution in [-0.2, 0) is 0 Å². The van der Waals surface area contributed by atoms with Gasteiger partial charge in [-0.25, -0.2) is 4.98 Å². The van der Waals surface area contributed by atoms with Crippen molar-refractivity contribution in [3.8, 4) is 0 Å². The Labute approximate surface area is 119 Å². The molecule has 0 saturated carbocycles. The maximum Gasteiger partial charge on any atom is 0.254 e. The van der Waals surface area contributed by atoms with Crippen LogP contribution in [0.2, 0.25) is 0 Å². The van der Waals surface area contributed by atoms with Gasteiger partial charge in [0.25, 0.3) is 5.91 Å². The number of benzene rings is 1. The highest BCUT2D eigenvalue weighted by Crippen LogP contribution is 2.25. The molecule has 1 aliphatic rings. The molecular weight excluding hydrogens is 250 g/mol. The standard InChI is InChI=1S/C16H21N3O/c1-10-5-4-6-11(2)19(10)16(20)13-7-8-14-15(9-13)18-12(3)17-14/h7-11H,4-6H2,1-3H3,(H,17,18). The number of aryl methyl sites for hydroxylation is 1. The van der Waals surface area contributed by atoms with Gasteiger partial charge in [0, 0.05) is 17.6 Å². The minimum atomic E-state index is 0.138. The summed E-state index contributed by atoms with van der Waals surface area (Å²) in [6.45, 7) is 6.22. The zero-order valence-electron chi connectivity index (χ0n) is 12.3. The Bertz CT molecular complexity index is 636. The first kappa shape index (κ1) is 13.2. The van der Waals surface area contributed by atoms with Gasteiger partial charge in [0.05, 0.1) is 11.0 Å². The van der Waals surface area contributed by atoms with E-state index in [0.717, 1.165) is 35.3 Å². The fourth-order valence-electron chi connectivity index (χ4n) is 3.24. The third-order valence-corrected chi connectivity index (χ3v) is 4.28. The Morgan fingerprint density at radius 3 is 2.70 bits per heavy atom. The first-order valence-corrected chi connectivity index (χ1v) is 7.35. The number of piperidine rings is 1. The molecule has 1 amide bonds. The summed E-state index contributed by atoms with van der Waals surface area (Å²) in [6.07, 6.45) is 3.41. The lowest BCUT2D eigenvalue weighted by atomic mass is 9.96. The highest BCUT2D eigenvalue weighted by molar-refractivity contribution is 5.97. The van der Waals surface area contributed by atoms with Crippen molar-refractivity contribution >= 4 is 16.9 Å². The van der Waals surface area contributed by atoms with Crippen molar-refractivity contribution < 1.29 is 4.79 Å². The number of hydrogen-bond donors (Lipinski definition) is 1. The number of carbonyl (C=O) groups is 1. The van der Waals surface area contributed by atoms with Crippen LogP contribution in [0.3, 0.4) is 0 Å². The Kier molecular flexibility index (Phi) is 3.24. The van der Waals surface area contributed by atoms with Gasteiger partial charge in [-0.3, -0.25) is 4.79 Å². The van der Waals surface area contributed by atoms with Gasteiger partial charge < -0.3 is 9.88 Å². The van der Waals surface area contributed by atoms with Crippen LogP contribution in [0.1, 0.15) is 49.3 Å². The van der Waals surface area contributed by atoms with Crippen molar-refractivity contribution in [2.24, 2.45) is 0 Å². The number of H-pyrrole nitrogens is 1. The predicted octanol–water partition coefficient (Wildman–Crippen LogP) is 3.27. The van der Waals surface area contributed by atoms with Gasteiger partial charge in [-0.15, -0.1) is 0 Å². The molecule has 0 bridgehead atoms. The maximum atomic E-state index is 12.8. The van der Waals surface area contributed by atoms with Crippen LogP contribution in [-0.4, -0.2) is 32.9 Å². The number of aromatic amines is 1. The topological polar surface area (TPSA) is 49.0 Å². The minimum Gasteiger partial charge on any atom is -0.342 e. The van der Waals surface area contributed by atoms with E-state index in [9.17, 15) is 4.79 Å². The van der Waals surface area contributed by atoms with Crippen LogP contribution in [0.5, 0.6) is 0 Å². The van der Waals surface area contributed by atoms with Crippen molar-refractivity contribution in [3.63, 3.8) is 0 Å². The Morgan fingerprint density at radius 1 is 1.30 bits per heavy atom. The van der Waals surface area contributed by atoms with Gasteiger partial charge in [0.1, 0.15) is 5.82 Å². The zero-order chi connectivity index (χ0) is 14.3. The molecule has 1 aliphatic heterocycles. The van der Waals surface area contributed by atoms with E-state index in [1.54, 1.807) is 0 Å². The molecule has 2 unspecified atom stereocenters. The van der Waals surface area contributed by atoms with Gasteiger partial charge >= 0.3 is 0 Å². The molecule has 4 nitrogen and oxygen atoms in total. The van der Waals surface area contributed by atoms with Crippen LogP contribution in [0.25, 0.3) is 11.0 Å². The molecule has 1 saturated heterocycles. The Morgan fingerprint density at radius 2 is 2.00 bits per heavy atom. The molecule has 1 aromatic carbocycles. The summed E-state index contributed by atoms with van der Waals surface area (Å²) in [7, 11) is 0. The van der Waals surface area contributed by atoms with Crippen LogP contribution in [0.4, 0.5) is 0 Å². The summed E-state index contributed by atoms with van der Waals surface area (Å²) < 4.78 is 0. The lowest BCUT2D eigenvalue weighted by Gasteiger charge is -2.39. The average Bonchev–Trinajstić information content (AvgIpc) is 2.77. The fourth-order valence-corrected chi connectivity index (χ4v) is 3.24. The van der Waals surface area contributed by atoms with Crippen molar-refractivity contribution in [2.45, 2.75) is 52.1 Å². The number of amides is 1. The largest absolute Gasteiger partial charge is 0.342 e. The number of nitrogens with one attached hydrogen (secondary N) is 1. The van der Waals surface area contributed by atoms with Crippen molar-refractivity contribution in [1.82, 2.24) is 14.9 Å². The number of aromatic nitrogens is 2. The van der Waals surface area contributed by atoms with E-state index >= 15 is 0 Å². The molecule has 106 valence electrons. The molecule has 0 radical (unpaired) electrons. The van der Waals surface area contributed by atoms with Crippen LogP contribution >= 0.6 is 0 Å². The predicted molar refractivity (Wildman–Crippen MR) is 79.8 cm³/mol. The van der Waals surface area contributed by atoms with Gasteiger partial charge in [0.15, 0.2) is 0 Å². The Hall–Kier alpha value is -1.84. The number of imidazole rings is 1. The highest BCUT2D eigenvalue weighted by Gasteiger charge is 2.29. The molecule has 2 atom stereocenters. The maximum absolute atomic E-state index is 12.8. The molecule has 4 heteroatoms. The number of hydrogen-bond acceptors (Lipinski definition) is 2. The monoisotopic (exact) mass is 271 g/mol. The zero-order valence-corrected chi connectivity index (χ0v) is 12.3. The smallest absolute Gasteiger partial charge is 0.254 e.